The second-order valence-corrected chi connectivity index (χ2v) is 5.43. The Hall–Kier alpha value is -2.80. The molecule has 0 aliphatic carbocycles. The first-order valence-electron chi connectivity index (χ1n) is 8.17. The van der Waals surface area contributed by atoms with Crippen LogP contribution in [0.4, 0.5) is 5.82 Å². The van der Waals surface area contributed by atoms with E-state index in [1.54, 1.807) is 6.20 Å². The van der Waals surface area contributed by atoms with Gasteiger partial charge in [-0.05, 0) is 38.2 Å². The van der Waals surface area contributed by atoms with Gasteiger partial charge in [-0.3, -0.25) is 9.78 Å². The van der Waals surface area contributed by atoms with E-state index in [1.807, 2.05) is 42.3 Å². The molecule has 3 rings (SSSR count). The number of nitrogens with one attached hydrogen (secondary N) is 2. The van der Waals surface area contributed by atoms with Crippen LogP contribution in [0.1, 0.15) is 28.7 Å². The Morgan fingerprint density at radius 3 is 2.76 bits per heavy atom. The van der Waals surface area contributed by atoms with Crippen LogP contribution < -0.4 is 10.6 Å². The molecule has 7 nitrogen and oxygen atoms in total. The molecular weight excluding hydrogens is 318 g/mol. The number of anilines is 1. The summed E-state index contributed by atoms with van der Waals surface area (Å²) in [7, 11) is 1.88. The summed E-state index contributed by atoms with van der Waals surface area (Å²) >= 11 is 0. The van der Waals surface area contributed by atoms with Crippen LogP contribution in [0.15, 0.2) is 36.5 Å². The zero-order chi connectivity index (χ0) is 18.1. The maximum Gasteiger partial charge on any atom is 0.256 e. The smallest absolute Gasteiger partial charge is 0.256 e. The molecule has 2 aromatic rings. The molecule has 2 N–H and O–H groups in total. The molecular formula is C18H23N5O2. The van der Waals surface area contributed by atoms with E-state index in [1.165, 1.54) is 6.92 Å². The van der Waals surface area contributed by atoms with Crippen LogP contribution in [0.5, 0.6) is 0 Å². The van der Waals surface area contributed by atoms with Crippen molar-refractivity contribution in [2.24, 2.45) is 0 Å². The largest absolute Gasteiger partial charge is 0.364 e. The van der Waals surface area contributed by atoms with Crippen molar-refractivity contribution in [3.05, 3.63) is 53.5 Å². The van der Waals surface area contributed by atoms with E-state index in [2.05, 4.69) is 20.6 Å². The van der Waals surface area contributed by atoms with Gasteiger partial charge in [0.25, 0.3) is 5.91 Å². The Kier molecular flexibility index (Phi) is 7.03. The van der Waals surface area contributed by atoms with Crippen LogP contribution in [0.25, 0.3) is 0 Å². The van der Waals surface area contributed by atoms with Crippen molar-refractivity contribution < 1.29 is 9.59 Å². The van der Waals surface area contributed by atoms with Crippen LogP contribution in [-0.4, -0.2) is 47.2 Å². The van der Waals surface area contributed by atoms with Gasteiger partial charge < -0.3 is 20.3 Å². The SMILES string of the molecule is CC=O.CNCCN1Cc2nc(NCc3ccccn3)ccc2C1=O. The molecule has 132 valence electrons. The van der Waals surface area contributed by atoms with Crippen LogP contribution in [-0.2, 0) is 17.9 Å². The molecule has 0 spiro atoms. The molecule has 0 aromatic carbocycles. The molecule has 25 heavy (non-hydrogen) atoms. The quantitative estimate of drug-likeness (QED) is 0.774. The van der Waals surface area contributed by atoms with E-state index in [0.29, 0.717) is 25.2 Å². The Balaban J connectivity index is 0.000000701. The lowest BCUT2D eigenvalue weighted by Crippen LogP contribution is -2.30. The standard InChI is InChI=1S/C16H19N5O.C2H4O/c1-17-8-9-21-11-14-13(16(21)22)5-6-15(20-14)19-10-12-4-2-3-7-18-12;1-2-3/h2-7,17H,8-11H2,1H3,(H,19,20);2H,1H3. The van der Waals surface area contributed by atoms with Crippen molar-refractivity contribution in [3.8, 4) is 0 Å². The lowest BCUT2D eigenvalue weighted by atomic mass is 10.2. The fraction of sp³-hybridized carbons (Fsp3) is 0.333. The third kappa shape index (κ3) is 5.09. The highest BCUT2D eigenvalue weighted by molar-refractivity contribution is 5.98. The van der Waals surface area contributed by atoms with Gasteiger partial charge in [-0.2, -0.15) is 0 Å². The summed E-state index contributed by atoms with van der Waals surface area (Å²) in [5.41, 5.74) is 2.50. The average Bonchev–Trinajstić information content (AvgIpc) is 2.95. The molecule has 0 atom stereocenters. The van der Waals surface area contributed by atoms with Crippen molar-refractivity contribution in [1.82, 2.24) is 20.2 Å². The number of carbonyl (C=O) groups is 2. The fourth-order valence-corrected chi connectivity index (χ4v) is 2.45. The van der Waals surface area contributed by atoms with Crippen molar-refractivity contribution in [3.63, 3.8) is 0 Å². The molecule has 0 radical (unpaired) electrons. The van der Waals surface area contributed by atoms with Crippen molar-refractivity contribution >= 4 is 18.0 Å². The van der Waals surface area contributed by atoms with E-state index >= 15 is 0 Å². The highest BCUT2D eigenvalue weighted by Gasteiger charge is 2.28. The monoisotopic (exact) mass is 341 g/mol. The minimum Gasteiger partial charge on any atom is -0.364 e. The fourth-order valence-electron chi connectivity index (χ4n) is 2.45. The lowest BCUT2D eigenvalue weighted by Gasteiger charge is -2.14. The molecule has 1 aliphatic rings. The number of aromatic nitrogens is 2. The van der Waals surface area contributed by atoms with Gasteiger partial charge in [0.1, 0.15) is 12.1 Å². The van der Waals surface area contributed by atoms with Gasteiger partial charge in [0.2, 0.25) is 0 Å². The minimum atomic E-state index is 0.0639. The minimum absolute atomic E-state index is 0.0639. The zero-order valence-electron chi connectivity index (χ0n) is 14.5. The molecule has 1 aliphatic heterocycles. The molecule has 0 saturated carbocycles. The summed E-state index contributed by atoms with van der Waals surface area (Å²) in [6, 6.07) is 9.51. The summed E-state index contributed by atoms with van der Waals surface area (Å²) < 4.78 is 0. The van der Waals surface area contributed by atoms with Crippen LogP contribution in [0, 0.1) is 0 Å². The van der Waals surface area contributed by atoms with E-state index in [4.69, 9.17) is 4.79 Å². The number of carbonyl (C=O) groups excluding carboxylic acids is 2. The van der Waals surface area contributed by atoms with Gasteiger partial charge in [0, 0.05) is 19.3 Å². The summed E-state index contributed by atoms with van der Waals surface area (Å²) in [4.78, 5) is 31.7. The Bertz CT molecular complexity index is 706. The predicted octanol–water partition coefficient (Wildman–Crippen LogP) is 1.47. The molecule has 0 bridgehead atoms. The Morgan fingerprint density at radius 2 is 2.08 bits per heavy atom. The number of aldehydes is 1. The van der Waals surface area contributed by atoms with Gasteiger partial charge in [-0.15, -0.1) is 0 Å². The van der Waals surface area contributed by atoms with Crippen molar-refractivity contribution in [2.75, 3.05) is 25.5 Å². The second-order valence-electron chi connectivity index (χ2n) is 5.43. The Labute approximate surface area is 147 Å². The lowest BCUT2D eigenvalue weighted by molar-refractivity contribution is -0.106. The highest BCUT2D eigenvalue weighted by atomic mass is 16.2. The summed E-state index contributed by atoms with van der Waals surface area (Å²) in [5, 5.41) is 6.31. The van der Waals surface area contributed by atoms with E-state index in [0.717, 1.165) is 30.0 Å². The maximum absolute atomic E-state index is 12.2. The number of hydrogen-bond donors (Lipinski definition) is 2. The summed E-state index contributed by atoms with van der Waals surface area (Å²) in [6.07, 6.45) is 2.52. The molecule has 2 aromatic heterocycles. The first kappa shape index (κ1) is 18.5. The number of amides is 1. The normalized spacial score (nSPS) is 12.2. The first-order valence-corrected chi connectivity index (χ1v) is 8.17. The predicted molar refractivity (Wildman–Crippen MR) is 96.2 cm³/mol. The molecule has 0 fully saturated rings. The third-order valence-electron chi connectivity index (χ3n) is 3.64. The molecule has 1 amide bonds. The van der Waals surface area contributed by atoms with Gasteiger partial charge >= 0.3 is 0 Å². The van der Waals surface area contributed by atoms with Crippen LogP contribution >= 0.6 is 0 Å². The Morgan fingerprint density at radius 1 is 1.28 bits per heavy atom. The number of nitrogens with zero attached hydrogens (tertiary/aromatic N) is 3. The number of pyridine rings is 2. The third-order valence-corrected chi connectivity index (χ3v) is 3.64. The van der Waals surface area contributed by atoms with Gasteiger partial charge in [0.05, 0.1) is 30.0 Å². The van der Waals surface area contributed by atoms with Gasteiger partial charge in [-0.25, -0.2) is 4.98 Å². The molecule has 0 unspecified atom stereocenters. The van der Waals surface area contributed by atoms with Crippen LogP contribution in [0.3, 0.4) is 0 Å². The molecule has 7 heteroatoms. The van der Waals surface area contributed by atoms with E-state index in [-0.39, 0.29) is 5.91 Å². The average molecular weight is 341 g/mol. The highest BCUT2D eigenvalue weighted by Crippen LogP contribution is 2.22. The van der Waals surface area contributed by atoms with Crippen molar-refractivity contribution in [2.45, 2.75) is 20.0 Å². The summed E-state index contributed by atoms with van der Waals surface area (Å²) in [6.45, 7) is 4.12. The van der Waals surface area contributed by atoms with E-state index < -0.39 is 0 Å². The summed E-state index contributed by atoms with van der Waals surface area (Å²) in [5.74, 6) is 0.835. The van der Waals surface area contributed by atoms with Gasteiger partial charge in [-0.1, -0.05) is 6.07 Å². The number of fused-ring (bicyclic) bond motifs is 1. The molecule has 0 saturated heterocycles. The zero-order valence-corrected chi connectivity index (χ0v) is 14.5. The van der Waals surface area contributed by atoms with Crippen molar-refractivity contribution in [1.29, 1.82) is 0 Å². The van der Waals surface area contributed by atoms with E-state index in [9.17, 15) is 4.79 Å². The number of hydrogen-bond acceptors (Lipinski definition) is 6. The topological polar surface area (TPSA) is 87.2 Å². The first-order chi connectivity index (χ1) is 12.2. The van der Waals surface area contributed by atoms with Gasteiger partial charge in [0.15, 0.2) is 0 Å². The molecule has 3 heterocycles. The second kappa shape index (κ2) is 9.48. The maximum atomic E-state index is 12.2. The number of likely N-dealkylation sites (N-methyl/N-ethyl adjacent to an activating group) is 1. The number of rotatable bonds is 6. The van der Waals surface area contributed by atoms with Crippen LogP contribution in [0.2, 0.25) is 0 Å².